The quantitative estimate of drug-likeness (QED) is 0.0956. The van der Waals surface area contributed by atoms with Crippen molar-refractivity contribution in [3.05, 3.63) is 34.9 Å². The van der Waals surface area contributed by atoms with E-state index < -0.39 is 24.7 Å². The molecule has 0 heterocycles. The number of aryl methyl sites for hydroxylation is 1. The van der Waals surface area contributed by atoms with E-state index in [1.165, 1.54) is 19.4 Å². The van der Waals surface area contributed by atoms with Crippen LogP contribution in [0.3, 0.4) is 0 Å². The van der Waals surface area contributed by atoms with Gasteiger partial charge < -0.3 is 18.7 Å². The monoisotopic (exact) mass is 579 g/mol. The Morgan fingerprint density at radius 2 is 1.75 bits per heavy atom. The summed E-state index contributed by atoms with van der Waals surface area (Å²) < 4.78 is 37.5. The highest BCUT2D eigenvalue weighted by atomic mass is 31.2. The Labute approximate surface area is 241 Å². The summed E-state index contributed by atoms with van der Waals surface area (Å²) in [4.78, 5) is 26.1. The third kappa shape index (κ3) is 9.66. The van der Waals surface area contributed by atoms with E-state index in [0.29, 0.717) is 11.5 Å². The molecule has 1 aromatic rings. The minimum atomic E-state index is -4.45. The zero-order chi connectivity index (χ0) is 30.1. The van der Waals surface area contributed by atoms with Crippen molar-refractivity contribution in [3.8, 4) is 11.5 Å². The van der Waals surface area contributed by atoms with Crippen LogP contribution in [0.4, 0.5) is 4.79 Å². The second-order valence-corrected chi connectivity index (χ2v) is 13.5. The van der Waals surface area contributed by atoms with Crippen molar-refractivity contribution in [2.45, 2.75) is 131 Å². The first kappa shape index (κ1) is 33.9. The summed E-state index contributed by atoms with van der Waals surface area (Å²) in [5.74, 6) is 0.261. The number of hydrogen-bond donors (Lipinski definition) is 1. The van der Waals surface area contributed by atoms with Gasteiger partial charge in [-0.25, -0.2) is 14.4 Å². The van der Waals surface area contributed by atoms with Crippen LogP contribution < -0.4 is 14.3 Å². The van der Waals surface area contributed by atoms with Gasteiger partial charge in [-0.05, 0) is 105 Å². The lowest BCUT2D eigenvalue weighted by Crippen LogP contribution is -2.48. The molecule has 2 atom stereocenters. The summed E-state index contributed by atoms with van der Waals surface area (Å²) in [6.07, 6.45) is 8.46. The Morgan fingerprint density at radius 3 is 2.33 bits per heavy atom. The third-order valence-electron chi connectivity index (χ3n) is 6.55. The van der Waals surface area contributed by atoms with E-state index in [9.17, 15) is 14.2 Å². The number of ether oxygens (including phenoxy) is 3. The van der Waals surface area contributed by atoms with Crippen molar-refractivity contribution >= 4 is 19.2 Å². The summed E-state index contributed by atoms with van der Waals surface area (Å²) >= 11 is 0. The Hall–Kier alpha value is -2.31. The molecule has 0 amide bonds. The molecule has 0 saturated carbocycles. The molecule has 0 saturated heterocycles. The van der Waals surface area contributed by atoms with Crippen LogP contribution in [-0.2, 0) is 25.3 Å². The van der Waals surface area contributed by atoms with E-state index in [0.717, 1.165) is 56.1 Å². The van der Waals surface area contributed by atoms with Gasteiger partial charge in [0.2, 0.25) is 0 Å². The van der Waals surface area contributed by atoms with E-state index in [4.69, 9.17) is 18.7 Å². The molecule has 40 heavy (non-hydrogen) atoms. The number of unbranched alkanes of at least 4 members (excludes halogenated alkanes) is 2. The maximum Gasteiger partial charge on any atom is 0.424 e. The van der Waals surface area contributed by atoms with Gasteiger partial charge in [0.15, 0.2) is 0 Å². The van der Waals surface area contributed by atoms with E-state index >= 15 is 0 Å². The highest BCUT2D eigenvalue weighted by Crippen LogP contribution is 2.52. The van der Waals surface area contributed by atoms with E-state index in [1.54, 1.807) is 20.8 Å². The van der Waals surface area contributed by atoms with Crippen molar-refractivity contribution in [3.63, 3.8) is 0 Å². The van der Waals surface area contributed by atoms with Crippen LogP contribution in [0, 0.1) is 0 Å². The maximum atomic E-state index is 14.4. The molecular formula is C31H50NO7P. The number of carbonyl (C=O) groups excluding carboxylic acids is 2. The normalized spacial score (nSPS) is 17.3. The van der Waals surface area contributed by atoms with Crippen LogP contribution in [0.2, 0.25) is 0 Å². The first-order chi connectivity index (χ1) is 18.7. The topological polar surface area (TPSA) is 100 Å². The number of hydrogen-bond acceptors (Lipinski definition) is 7. The fourth-order valence-electron chi connectivity index (χ4n) is 4.74. The number of nitrogens with one attached hydrogen (secondary N) is 1. The first-order valence-electron chi connectivity index (χ1n) is 14.7. The second kappa shape index (κ2) is 15.1. The highest BCUT2D eigenvalue weighted by molar-refractivity contribution is 7.74. The van der Waals surface area contributed by atoms with Gasteiger partial charge in [0.1, 0.15) is 17.0 Å². The Kier molecular flexibility index (Phi) is 12.8. The number of allylic oxidation sites excluding steroid dienone is 2. The molecule has 8 nitrogen and oxygen atoms in total. The van der Waals surface area contributed by atoms with Gasteiger partial charge in [-0.1, -0.05) is 31.4 Å². The van der Waals surface area contributed by atoms with Crippen molar-refractivity contribution in [1.82, 2.24) is 5.09 Å². The molecule has 226 valence electrons. The average molecular weight is 580 g/mol. The lowest BCUT2D eigenvalue weighted by atomic mass is 9.84. The van der Waals surface area contributed by atoms with Gasteiger partial charge in [-0.15, -0.1) is 0 Å². The molecule has 1 N–H and O–H groups in total. The zero-order valence-corrected chi connectivity index (χ0v) is 26.8. The lowest BCUT2D eigenvalue weighted by Gasteiger charge is -2.31. The number of carbonyl (C=O) groups is 2. The SMILES string of the molecule is CCCCCc1cc(OC(C)C)c(C2C=C(C)CCC2)c(OP(=O)(NC(C)(C)C(=O)OC(C)C)C(=O)OCC)c1. The largest absolute Gasteiger partial charge is 0.491 e. The fraction of sp³-hybridized carbons (Fsp3) is 0.677. The number of rotatable bonds is 15. The van der Waals surface area contributed by atoms with E-state index in [-0.39, 0.29) is 24.7 Å². The Bertz CT molecular complexity index is 1090. The Balaban J connectivity index is 2.71. The van der Waals surface area contributed by atoms with Crippen molar-refractivity contribution in [2.24, 2.45) is 0 Å². The number of esters is 1. The van der Waals surface area contributed by atoms with Crippen LogP contribution in [0.25, 0.3) is 0 Å². The molecule has 0 spiro atoms. The summed E-state index contributed by atoms with van der Waals surface area (Å²) in [7, 11) is -4.45. The van der Waals surface area contributed by atoms with Gasteiger partial charge in [0, 0.05) is 11.5 Å². The van der Waals surface area contributed by atoms with Crippen LogP contribution in [0.1, 0.15) is 118 Å². The van der Waals surface area contributed by atoms with E-state index in [1.807, 2.05) is 26.0 Å². The van der Waals surface area contributed by atoms with Gasteiger partial charge in [-0.2, -0.15) is 0 Å². The van der Waals surface area contributed by atoms with Crippen LogP contribution in [-0.4, -0.2) is 36.0 Å². The molecule has 1 aromatic carbocycles. The molecule has 2 rings (SSSR count). The van der Waals surface area contributed by atoms with Crippen LogP contribution in [0.5, 0.6) is 11.5 Å². The molecule has 0 aliphatic heterocycles. The molecule has 2 unspecified atom stereocenters. The minimum Gasteiger partial charge on any atom is -0.491 e. The third-order valence-corrected chi connectivity index (χ3v) is 8.47. The van der Waals surface area contributed by atoms with Crippen molar-refractivity contribution < 1.29 is 32.9 Å². The summed E-state index contributed by atoms with van der Waals surface area (Å²) in [5.41, 5.74) is 0.428. The molecule has 0 bridgehead atoms. The Morgan fingerprint density at radius 1 is 1.07 bits per heavy atom. The van der Waals surface area contributed by atoms with Gasteiger partial charge in [0.25, 0.3) is 0 Å². The maximum absolute atomic E-state index is 14.4. The second-order valence-electron chi connectivity index (χ2n) is 11.7. The molecule has 1 aliphatic carbocycles. The van der Waals surface area contributed by atoms with Gasteiger partial charge in [-0.3, -0.25) is 4.79 Å². The number of benzene rings is 1. The molecule has 1 aliphatic rings. The predicted octanol–water partition coefficient (Wildman–Crippen LogP) is 8.47. The van der Waals surface area contributed by atoms with Crippen molar-refractivity contribution in [1.29, 1.82) is 0 Å². The zero-order valence-electron chi connectivity index (χ0n) is 25.9. The van der Waals surface area contributed by atoms with Crippen LogP contribution >= 0.6 is 7.52 Å². The molecular weight excluding hydrogens is 529 g/mol. The van der Waals surface area contributed by atoms with E-state index in [2.05, 4.69) is 25.0 Å². The lowest BCUT2D eigenvalue weighted by molar-refractivity contribution is -0.153. The highest BCUT2D eigenvalue weighted by Gasteiger charge is 2.46. The fourth-order valence-corrected chi connectivity index (χ4v) is 6.50. The standard InChI is InChI=1S/C31H50NO7P/c1-10-12-13-16-24-19-26(37-21(3)4)28(25-17-14-15-23(7)18-25)27(20-24)39-40(35,30(34)36-11-2)32-31(8,9)29(33)38-22(5)6/h18-22,25H,10-17H2,1-9H3,(H,32,35). The first-order valence-corrected chi connectivity index (χ1v) is 16.3. The smallest absolute Gasteiger partial charge is 0.424 e. The molecule has 0 radical (unpaired) electrons. The molecule has 0 aromatic heterocycles. The summed E-state index contributed by atoms with van der Waals surface area (Å²) in [6.45, 7) is 16.3. The van der Waals surface area contributed by atoms with Gasteiger partial charge in [0.05, 0.1) is 18.8 Å². The summed E-state index contributed by atoms with van der Waals surface area (Å²) in [5, 5.41) is 2.71. The molecule has 9 heteroatoms. The van der Waals surface area contributed by atoms with Crippen molar-refractivity contribution in [2.75, 3.05) is 6.61 Å². The molecule has 0 fully saturated rings. The predicted molar refractivity (Wildman–Crippen MR) is 159 cm³/mol. The van der Waals surface area contributed by atoms with Gasteiger partial charge >= 0.3 is 19.2 Å². The summed E-state index contributed by atoms with van der Waals surface area (Å²) in [6, 6.07) is 3.91. The van der Waals surface area contributed by atoms with Crippen LogP contribution in [0.15, 0.2) is 23.8 Å². The average Bonchev–Trinajstić information content (AvgIpc) is 2.83. The minimum absolute atomic E-state index is 0.000908.